The van der Waals surface area contributed by atoms with Gasteiger partial charge in [-0.2, -0.15) is 0 Å². The van der Waals surface area contributed by atoms with Gasteiger partial charge in [-0.05, 0) is 37.5 Å². The maximum atomic E-state index is 11.2. The zero-order valence-electron chi connectivity index (χ0n) is 9.65. The molecule has 2 heterocycles. The first kappa shape index (κ1) is 10.9. The molecule has 15 heavy (non-hydrogen) atoms. The van der Waals surface area contributed by atoms with E-state index in [1.54, 1.807) is 0 Å². The first-order valence-electron chi connectivity index (χ1n) is 6.08. The molecule has 4 atom stereocenters. The van der Waals surface area contributed by atoms with Crippen LogP contribution in [0.2, 0.25) is 0 Å². The van der Waals surface area contributed by atoms with E-state index in [1.807, 2.05) is 0 Å². The zero-order chi connectivity index (χ0) is 11.0. The molecule has 0 saturated carbocycles. The zero-order valence-corrected chi connectivity index (χ0v) is 9.65. The molecule has 0 aromatic rings. The maximum Gasteiger partial charge on any atom is 0.320 e. The molecule has 3 heteroatoms. The van der Waals surface area contributed by atoms with Crippen molar-refractivity contribution in [1.82, 2.24) is 4.90 Å². The quantitative estimate of drug-likeness (QED) is 0.721. The number of hydrogen-bond donors (Lipinski definition) is 1. The summed E-state index contributed by atoms with van der Waals surface area (Å²) in [7, 11) is 0. The third-order valence-electron chi connectivity index (χ3n) is 4.14. The number of nitrogens with zero attached hydrogens (tertiary/aromatic N) is 1. The van der Waals surface area contributed by atoms with Crippen molar-refractivity contribution in [2.75, 3.05) is 6.54 Å². The van der Waals surface area contributed by atoms with E-state index in [0.717, 1.165) is 19.4 Å². The molecule has 86 valence electrons. The summed E-state index contributed by atoms with van der Waals surface area (Å²) in [5.41, 5.74) is 0. The number of rotatable bonds is 1. The Morgan fingerprint density at radius 2 is 1.93 bits per heavy atom. The van der Waals surface area contributed by atoms with Crippen molar-refractivity contribution in [1.29, 1.82) is 0 Å². The number of carboxylic acid groups (broad SMARTS) is 1. The van der Waals surface area contributed by atoms with E-state index in [2.05, 4.69) is 18.7 Å². The van der Waals surface area contributed by atoms with Crippen molar-refractivity contribution >= 4 is 5.97 Å². The second-order valence-corrected chi connectivity index (χ2v) is 5.36. The summed E-state index contributed by atoms with van der Waals surface area (Å²) in [6.07, 6.45) is 4.36. The summed E-state index contributed by atoms with van der Waals surface area (Å²) >= 11 is 0. The molecule has 0 spiro atoms. The highest BCUT2D eigenvalue weighted by molar-refractivity contribution is 5.73. The molecule has 0 aliphatic carbocycles. The van der Waals surface area contributed by atoms with E-state index in [9.17, 15) is 9.90 Å². The summed E-state index contributed by atoms with van der Waals surface area (Å²) in [6, 6.07) is 0.310. The van der Waals surface area contributed by atoms with Crippen molar-refractivity contribution < 1.29 is 9.90 Å². The molecule has 2 saturated heterocycles. The van der Waals surface area contributed by atoms with Gasteiger partial charge in [0.1, 0.15) is 6.04 Å². The van der Waals surface area contributed by atoms with Gasteiger partial charge in [-0.15, -0.1) is 0 Å². The predicted molar refractivity (Wildman–Crippen MR) is 58.7 cm³/mol. The Bertz CT molecular complexity index is 254. The summed E-state index contributed by atoms with van der Waals surface area (Å²) < 4.78 is 0. The average Bonchev–Trinajstić information content (AvgIpc) is 2.17. The fourth-order valence-electron chi connectivity index (χ4n) is 3.22. The fraction of sp³-hybridized carbons (Fsp3) is 0.917. The van der Waals surface area contributed by atoms with Crippen molar-refractivity contribution in [3.05, 3.63) is 0 Å². The lowest BCUT2D eigenvalue weighted by Gasteiger charge is -2.48. The summed E-state index contributed by atoms with van der Waals surface area (Å²) in [6.45, 7) is 5.48. The smallest absolute Gasteiger partial charge is 0.320 e. The van der Waals surface area contributed by atoms with Crippen molar-refractivity contribution in [3.63, 3.8) is 0 Å². The third-order valence-corrected chi connectivity index (χ3v) is 4.14. The van der Waals surface area contributed by atoms with Gasteiger partial charge in [0.15, 0.2) is 0 Å². The molecular formula is C12H21NO2. The van der Waals surface area contributed by atoms with Gasteiger partial charge < -0.3 is 5.11 Å². The van der Waals surface area contributed by atoms with E-state index in [-0.39, 0.29) is 6.04 Å². The van der Waals surface area contributed by atoms with Gasteiger partial charge in [-0.1, -0.05) is 13.8 Å². The first-order chi connectivity index (χ1) is 7.09. The highest BCUT2D eigenvalue weighted by Gasteiger charge is 2.41. The summed E-state index contributed by atoms with van der Waals surface area (Å²) in [4.78, 5) is 13.4. The Hall–Kier alpha value is -0.570. The molecule has 2 fully saturated rings. The fourth-order valence-corrected chi connectivity index (χ4v) is 3.22. The Morgan fingerprint density at radius 1 is 1.20 bits per heavy atom. The standard InChI is InChI=1S/C12H21NO2/c1-8-3-5-10-9(2)4-6-11(12(14)15)13(10)7-8/h8-11H,3-7H2,1-2H3,(H,14,15). The van der Waals surface area contributed by atoms with E-state index >= 15 is 0 Å². The van der Waals surface area contributed by atoms with Crippen LogP contribution in [0.1, 0.15) is 39.5 Å². The molecule has 1 N–H and O–H groups in total. The van der Waals surface area contributed by atoms with Gasteiger partial charge in [0, 0.05) is 12.6 Å². The molecule has 3 nitrogen and oxygen atoms in total. The molecule has 2 rings (SSSR count). The molecule has 2 aliphatic heterocycles. The minimum absolute atomic E-state index is 0.214. The van der Waals surface area contributed by atoms with Gasteiger partial charge in [0.05, 0.1) is 0 Å². The molecule has 4 unspecified atom stereocenters. The van der Waals surface area contributed by atoms with Crippen LogP contribution in [0, 0.1) is 11.8 Å². The first-order valence-corrected chi connectivity index (χ1v) is 6.08. The molecule has 2 aliphatic rings. The molecular weight excluding hydrogens is 190 g/mol. The van der Waals surface area contributed by atoms with E-state index in [4.69, 9.17) is 0 Å². The van der Waals surface area contributed by atoms with Gasteiger partial charge in [-0.25, -0.2) is 0 Å². The van der Waals surface area contributed by atoms with Crippen LogP contribution in [0.25, 0.3) is 0 Å². The lowest BCUT2D eigenvalue weighted by atomic mass is 9.79. The van der Waals surface area contributed by atoms with E-state index in [0.29, 0.717) is 17.9 Å². The average molecular weight is 211 g/mol. The van der Waals surface area contributed by atoms with Crippen molar-refractivity contribution in [2.45, 2.75) is 51.6 Å². The Balaban J connectivity index is 2.14. The highest BCUT2D eigenvalue weighted by Crippen LogP contribution is 2.35. The van der Waals surface area contributed by atoms with Crippen LogP contribution < -0.4 is 0 Å². The second kappa shape index (κ2) is 4.12. The SMILES string of the molecule is CC1CCC2C(C)CCC(C(=O)O)N2C1. The van der Waals surface area contributed by atoms with Gasteiger partial charge >= 0.3 is 5.97 Å². The normalized spacial score (nSPS) is 42.3. The predicted octanol–water partition coefficient (Wildman–Crippen LogP) is 1.97. The minimum atomic E-state index is -0.624. The lowest BCUT2D eigenvalue weighted by Crippen LogP contribution is -2.56. The van der Waals surface area contributed by atoms with Crippen molar-refractivity contribution in [3.8, 4) is 0 Å². The summed E-state index contributed by atoms with van der Waals surface area (Å²) in [5, 5.41) is 9.21. The van der Waals surface area contributed by atoms with Crippen LogP contribution in [0.15, 0.2) is 0 Å². The Kier molecular flexibility index (Phi) is 3.01. The molecule has 0 aromatic heterocycles. The number of hydrogen-bond acceptors (Lipinski definition) is 2. The van der Waals surface area contributed by atoms with Gasteiger partial charge in [0.2, 0.25) is 0 Å². The Labute approximate surface area is 91.5 Å². The molecule has 0 amide bonds. The topological polar surface area (TPSA) is 40.5 Å². The van der Waals surface area contributed by atoms with Gasteiger partial charge in [-0.3, -0.25) is 9.69 Å². The number of fused-ring (bicyclic) bond motifs is 1. The van der Waals surface area contributed by atoms with Crippen LogP contribution in [-0.4, -0.2) is 34.6 Å². The van der Waals surface area contributed by atoms with E-state index < -0.39 is 5.97 Å². The number of piperidine rings is 2. The lowest BCUT2D eigenvalue weighted by molar-refractivity contribution is -0.149. The third kappa shape index (κ3) is 2.03. The Morgan fingerprint density at radius 3 is 2.60 bits per heavy atom. The summed E-state index contributed by atoms with van der Waals surface area (Å²) in [5.74, 6) is 0.711. The van der Waals surface area contributed by atoms with Crippen LogP contribution in [0.4, 0.5) is 0 Å². The highest BCUT2D eigenvalue weighted by atomic mass is 16.4. The largest absolute Gasteiger partial charge is 0.480 e. The minimum Gasteiger partial charge on any atom is -0.480 e. The van der Waals surface area contributed by atoms with E-state index in [1.165, 1.54) is 12.8 Å². The molecule has 0 aromatic carbocycles. The molecule has 0 bridgehead atoms. The van der Waals surface area contributed by atoms with Crippen LogP contribution in [0.3, 0.4) is 0 Å². The molecule has 0 radical (unpaired) electrons. The number of aliphatic carboxylic acids is 1. The van der Waals surface area contributed by atoms with Gasteiger partial charge in [0.25, 0.3) is 0 Å². The number of carboxylic acids is 1. The maximum absolute atomic E-state index is 11.2. The van der Waals surface area contributed by atoms with Crippen LogP contribution in [0.5, 0.6) is 0 Å². The monoisotopic (exact) mass is 211 g/mol. The van der Waals surface area contributed by atoms with Crippen molar-refractivity contribution in [2.24, 2.45) is 11.8 Å². The van der Waals surface area contributed by atoms with Crippen LogP contribution >= 0.6 is 0 Å². The number of carbonyl (C=O) groups is 1. The van der Waals surface area contributed by atoms with Crippen LogP contribution in [-0.2, 0) is 4.79 Å². The second-order valence-electron chi connectivity index (χ2n) is 5.36.